The normalized spacial score (nSPS) is 11.3. The van der Waals surface area contributed by atoms with E-state index >= 15 is 0 Å². The maximum Gasteiger partial charge on any atom is 0.258 e. The van der Waals surface area contributed by atoms with E-state index < -0.39 is 11.9 Å². The third-order valence-electron chi connectivity index (χ3n) is 8.09. The summed E-state index contributed by atoms with van der Waals surface area (Å²) < 4.78 is 58.4. The predicted octanol–water partition coefficient (Wildman–Crippen LogP) is -1.79. The second-order valence-electron chi connectivity index (χ2n) is 13.0. The number of carbonyl (C=O) groups is 5. The van der Waals surface area contributed by atoms with E-state index in [0.29, 0.717) is 23.8 Å². The lowest BCUT2D eigenvalue weighted by molar-refractivity contribution is -0.128. The minimum absolute atomic E-state index is 0.129. The molecule has 0 fully saturated rings. The summed E-state index contributed by atoms with van der Waals surface area (Å²) in [5, 5.41) is 10.7. The zero-order valence-corrected chi connectivity index (χ0v) is 36.2. The number of hydrogen-bond acceptors (Lipinski definition) is 17. The number of nitrogens with one attached hydrogen (secondary N) is 4. The number of ether oxygens (including phenoxy) is 11. The average molecular weight is 897 g/mol. The Balaban J connectivity index is 1.32. The lowest BCUT2D eigenvalue weighted by Crippen LogP contribution is -2.32. The zero-order chi connectivity index (χ0) is 45.8. The first-order chi connectivity index (χ1) is 30.6. The quantitative estimate of drug-likeness (QED) is 0.0404. The van der Waals surface area contributed by atoms with E-state index in [-0.39, 0.29) is 156 Å². The summed E-state index contributed by atoms with van der Waals surface area (Å²) in [6, 6.07) is 12.2. The Labute approximate surface area is 367 Å². The molecule has 354 valence electrons. The molecule has 2 rings (SSSR count). The first kappa shape index (κ1) is 54.0. The fourth-order valence-corrected chi connectivity index (χ4v) is 4.98. The van der Waals surface area contributed by atoms with Crippen molar-refractivity contribution in [2.24, 2.45) is 11.5 Å². The van der Waals surface area contributed by atoms with Gasteiger partial charge in [0.1, 0.15) is 43.7 Å². The second-order valence-corrected chi connectivity index (χ2v) is 13.0. The monoisotopic (exact) mass is 896 g/mol. The van der Waals surface area contributed by atoms with Gasteiger partial charge in [-0.1, -0.05) is 12.1 Å². The van der Waals surface area contributed by atoms with Gasteiger partial charge in [-0.25, -0.2) is 0 Å². The van der Waals surface area contributed by atoms with E-state index in [1.54, 1.807) is 32.4 Å². The van der Waals surface area contributed by atoms with Crippen LogP contribution in [0.25, 0.3) is 0 Å². The highest BCUT2D eigenvalue weighted by Crippen LogP contribution is 2.32. The van der Waals surface area contributed by atoms with Crippen molar-refractivity contribution in [3.05, 3.63) is 53.6 Å². The first-order valence-corrected chi connectivity index (χ1v) is 20.3. The minimum atomic E-state index is -0.552. The molecular formula is C41H64N6O16. The Hall–Kier alpha value is -5.17. The largest absolute Gasteiger partial charge is 0.497 e. The summed E-state index contributed by atoms with van der Waals surface area (Å²) in [5.74, 6) is 0.0275. The highest BCUT2D eigenvalue weighted by molar-refractivity contribution is 5.78. The van der Waals surface area contributed by atoms with Crippen LogP contribution in [0.3, 0.4) is 0 Å². The molecule has 22 heteroatoms. The first-order valence-electron chi connectivity index (χ1n) is 20.3. The van der Waals surface area contributed by atoms with Crippen LogP contribution in [0.4, 0.5) is 0 Å². The molecule has 0 saturated carbocycles. The molecule has 0 aliphatic rings. The smallest absolute Gasteiger partial charge is 0.258 e. The fourth-order valence-electron chi connectivity index (χ4n) is 4.98. The Bertz CT molecular complexity index is 1590. The molecule has 0 aromatic heterocycles. The van der Waals surface area contributed by atoms with Crippen LogP contribution in [0.2, 0.25) is 0 Å². The number of carbonyl (C=O) groups excluding carboxylic acids is 5. The molecule has 0 radical (unpaired) electrons. The van der Waals surface area contributed by atoms with E-state index in [9.17, 15) is 24.0 Å². The summed E-state index contributed by atoms with van der Waals surface area (Å²) in [4.78, 5) is 58.2. The van der Waals surface area contributed by atoms with Crippen molar-refractivity contribution in [1.82, 2.24) is 21.3 Å². The number of nitrogens with two attached hydrogens (primary N) is 2. The van der Waals surface area contributed by atoms with Gasteiger partial charge >= 0.3 is 0 Å². The molecular weight excluding hydrogens is 832 g/mol. The van der Waals surface area contributed by atoms with Crippen LogP contribution in [-0.4, -0.2) is 182 Å². The summed E-state index contributed by atoms with van der Waals surface area (Å²) in [6.45, 7) is 3.25. The number of primary amides is 1. The van der Waals surface area contributed by atoms with Crippen LogP contribution in [0, 0.1) is 0 Å². The molecule has 63 heavy (non-hydrogen) atoms. The molecule has 0 saturated heterocycles. The van der Waals surface area contributed by atoms with Gasteiger partial charge < -0.3 is 84.8 Å². The van der Waals surface area contributed by atoms with Gasteiger partial charge in [-0.05, 0) is 29.8 Å². The lowest BCUT2D eigenvalue weighted by atomic mass is 9.98. The molecule has 0 spiro atoms. The predicted molar refractivity (Wildman–Crippen MR) is 225 cm³/mol. The van der Waals surface area contributed by atoms with Gasteiger partial charge in [-0.2, -0.15) is 0 Å². The Morgan fingerprint density at radius 2 is 0.857 bits per heavy atom. The van der Waals surface area contributed by atoms with Crippen LogP contribution in [-0.2, 0) is 61.9 Å². The van der Waals surface area contributed by atoms with Gasteiger partial charge in [0.25, 0.3) is 5.91 Å². The summed E-state index contributed by atoms with van der Waals surface area (Å²) in [5.41, 5.74) is 13.1. The third-order valence-corrected chi connectivity index (χ3v) is 8.09. The SMILES string of the molecule is COc1ccc(C(N)c2ccc(OCC(=O)NCCOCCOCC(=O)NCCOCCOCC(=O)NCCOCCOCC(=O)NCCOCCOCC(N)=O)cc2)c(OC)c1. The molecule has 0 bridgehead atoms. The van der Waals surface area contributed by atoms with Gasteiger partial charge in [-0.15, -0.1) is 0 Å². The molecule has 0 aliphatic heterocycles. The van der Waals surface area contributed by atoms with Crippen LogP contribution in [0.5, 0.6) is 17.2 Å². The number of methoxy groups -OCH3 is 2. The van der Waals surface area contributed by atoms with E-state index in [0.717, 1.165) is 11.1 Å². The second kappa shape index (κ2) is 35.3. The molecule has 2 aromatic carbocycles. The molecule has 0 aliphatic carbocycles. The highest BCUT2D eigenvalue weighted by Gasteiger charge is 2.15. The van der Waals surface area contributed by atoms with E-state index in [1.807, 2.05) is 24.3 Å². The van der Waals surface area contributed by atoms with Crippen LogP contribution >= 0.6 is 0 Å². The number of amides is 5. The van der Waals surface area contributed by atoms with Crippen molar-refractivity contribution in [2.75, 3.05) is 153 Å². The molecule has 1 unspecified atom stereocenters. The zero-order valence-electron chi connectivity index (χ0n) is 36.2. The Kier molecular flexibility index (Phi) is 30.2. The third kappa shape index (κ3) is 27.5. The number of hydrogen-bond donors (Lipinski definition) is 6. The van der Waals surface area contributed by atoms with Crippen molar-refractivity contribution in [2.45, 2.75) is 6.04 Å². The van der Waals surface area contributed by atoms with Gasteiger partial charge in [0.2, 0.25) is 23.6 Å². The van der Waals surface area contributed by atoms with Crippen molar-refractivity contribution in [3.63, 3.8) is 0 Å². The molecule has 0 heterocycles. The van der Waals surface area contributed by atoms with E-state index in [1.165, 1.54) is 0 Å². The molecule has 1 atom stereocenters. The van der Waals surface area contributed by atoms with Gasteiger partial charge in [0, 0.05) is 37.8 Å². The molecule has 8 N–H and O–H groups in total. The van der Waals surface area contributed by atoms with E-state index in [4.69, 9.17) is 63.6 Å². The highest BCUT2D eigenvalue weighted by atomic mass is 16.5. The standard InChI is InChI=1S/C41H64N6O16/c1-53-33-7-8-34(35(25-33)54-2)41(43)31-3-5-32(6-4-31)63-30-40(52)47-12-16-58-20-24-62-29-39(51)46-11-15-57-19-23-61-28-38(50)45-10-14-56-18-22-60-27-37(49)44-9-13-55-17-21-59-26-36(42)48/h3-8,25,41H,9-24,26-30,43H2,1-2H3,(H2,42,48)(H,44,49)(H,45,50)(H,46,51)(H,47,52). The van der Waals surface area contributed by atoms with Crippen molar-refractivity contribution in [3.8, 4) is 17.2 Å². The van der Waals surface area contributed by atoms with Crippen molar-refractivity contribution in [1.29, 1.82) is 0 Å². The van der Waals surface area contributed by atoms with Gasteiger partial charge in [0.05, 0.1) is 99.5 Å². The topological polar surface area (TPSA) is 287 Å². The Morgan fingerprint density at radius 1 is 0.476 bits per heavy atom. The number of rotatable bonds is 39. The summed E-state index contributed by atoms with van der Waals surface area (Å²) in [6.07, 6.45) is 0. The lowest BCUT2D eigenvalue weighted by Gasteiger charge is -2.17. The number of benzene rings is 2. The van der Waals surface area contributed by atoms with E-state index in [2.05, 4.69) is 21.3 Å². The molecule has 2 aromatic rings. The maximum atomic E-state index is 12.2. The van der Waals surface area contributed by atoms with Crippen molar-refractivity contribution >= 4 is 29.5 Å². The van der Waals surface area contributed by atoms with Crippen LogP contribution < -0.4 is 46.9 Å². The van der Waals surface area contributed by atoms with Gasteiger partial charge in [-0.3, -0.25) is 24.0 Å². The van der Waals surface area contributed by atoms with Crippen LogP contribution in [0.15, 0.2) is 42.5 Å². The van der Waals surface area contributed by atoms with Crippen molar-refractivity contribution < 1.29 is 76.1 Å². The molecule has 5 amide bonds. The minimum Gasteiger partial charge on any atom is -0.497 e. The molecule has 22 nitrogen and oxygen atoms in total. The Morgan fingerprint density at radius 3 is 1.25 bits per heavy atom. The summed E-state index contributed by atoms with van der Waals surface area (Å²) >= 11 is 0. The van der Waals surface area contributed by atoms with Crippen LogP contribution in [0.1, 0.15) is 17.2 Å². The fraction of sp³-hybridized carbons (Fsp3) is 0.585. The maximum absolute atomic E-state index is 12.2. The average Bonchev–Trinajstić information content (AvgIpc) is 3.28. The summed E-state index contributed by atoms with van der Waals surface area (Å²) in [7, 11) is 3.16. The van der Waals surface area contributed by atoms with Gasteiger partial charge in [0.15, 0.2) is 6.61 Å².